The van der Waals surface area contributed by atoms with Crippen molar-refractivity contribution >= 4 is 17.9 Å². The van der Waals surface area contributed by atoms with E-state index in [2.05, 4.69) is 34.8 Å². The molecule has 3 N–H and O–H groups in total. The minimum absolute atomic E-state index is 0.0991. The Balaban J connectivity index is 2.30. The van der Waals surface area contributed by atoms with E-state index in [0.29, 0.717) is 19.0 Å². The van der Waals surface area contributed by atoms with Gasteiger partial charge < -0.3 is 16.0 Å². The van der Waals surface area contributed by atoms with Gasteiger partial charge in [0.1, 0.15) is 0 Å². The lowest BCUT2D eigenvalue weighted by atomic mass is 9.97. The number of aliphatic imine (C=N–C) groups is 1. The summed E-state index contributed by atoms with van der Waals surface area (Å²) in [6, 6.07) is -0.317. The molecular formula is C16H31N5O2. The molecule has 0 aromatic carbocycles. The third-order valence-corrected chi connectivity index (χ3v) is 4.01. The molecule has 1 aliphatic rings. The van der Waals surface area contributed by atoms with Crippen LogP contribution in [0.5, 0.6) is 0 Å². The fourth-order valence-corrected chi connectivity index (χ4v) is 2.68. The van der Waals surface area contributed by atoms with Crippen LogP contribution in [0.2, 0.25) is 0 Å². The van der Waals surface area contributed by atoms with Gasteiger partial charge in [-0.25, -0.2) is 4.79 Å². The van der Waals surface area contributed by atoms with Crippen molar-refractivity contribution in [2.75, 3.05) is 33.2 Å². The highest BCUT2D eigenvalue weighted by atomic mass is 16.2. The summed E-state index contributed by atoms with van der Waals surface area (Å²) in [6.45, 7) is 6.27. The third-order valence-electron chi connectivity index (χ3n) is 4.01. The number of unbranched alkanes of at least 4 members (excludes halogenated alkanes) is 1. The topological polar surface area (TPSA) is 85.8 Å². The van der Waals surface area contributed by atoms with E-state index in [-0.39, 0.29) is 18.5 Å². The first kappa shape index (κ1) is 19.3. The molecule has 0 saturated carbocycles. The lowest BCUT2D eigenvalue weighted by Crippen LogP contribution is -2.44. The summed E-state index contributed by atoms with van der Waals surface area (Å²) < 4.78 is 0. The van der Waals surface area contributed by atoms with Crippen LogP contribution >= 0.6 is 0 Å². The van der Waals surface area contributed by atoms with Crippen molar-refractivity contribution in [1.29, 1.82) is 0 Å². The average molecular weight is 325 g/mol. The standard InChI is InChI=1S/C16H31N5O2/c1-4-6-8-13(7-5-2)11-19-15(17-3)18-9-10-21-14(22)12-20-16(21)23/h13H,4-12H2,1-3H3,(H,20,23)(H2,17,18,19). The summed E-state index contributed by atoms with van der Waals surface area (Å²) in [5.74, 6) is 1.20. The fraction of sp³-hybridized carbons (Fsp3) is 0.812. The van der Waals surface area contributed by atoms with Crippen LogP contribution in [0.1, 0.15) is 46.0 Å². The van der Waals surface area contributed by atoms with Crippen LogP contribution in [0.3, 0.4) is 0 Å². The first-order valence-electron chi connectivity index (χ1n) is 8.65. The highest BCUT2D eigenvalue weighted by Gasteiger charge is 2.27. The molecule has 1 unspecified atom stereocenters. The maximum atomic E-state index is 11.5. The Morgan fingerprint density at radius 3 is 2.61 bits per heavy atom. The van der Waals surface area contributed by atoms with E-state index in [0.717, 1.165) is 12.5 Å². The highest BCUT2D eigenvalue weighted by Crippen LogP contribution is 2.13. The molecule has 0 bridgehead atoms. The summed E-state index contributed by atoms with van der Waals surface area (Å²) in [5, 5.41) is 9.01. The maximum absolute atomic E-state index is 11.5. The van der Waals surface area contributed by atoms with E-state index in [1.165, 1.54) is 37.0 Å². The van der Waals surface area contributed by atoms with Crippen LogP contribution in [-0.4, -0.2) is 56.0 Å². The quantitative estimate of drug-likeness (QED) is 0.321. The second-order valence-electron chi connectivity index (χ2n) is 5.88. The predicted molar refractivity (Wildman–Crippen MR) is 92.4 cm³/mol. The Morgan fingerprint density at radius 2 is 2.04 bits per heavy atom. The SMILES string of the molecule is CCCCC(CCC)CNC(=NC)NCCN1C(=O)CNC1=O. The number of nitrogens with one attached hydrogen (secondary N) is 3. The van der Waals surface area contributed by atoms with Gasteiger partial charge in [-0.2, -0.15) is 0 Å². The molecule has 0 radical (unpaired) electrons. The monoisotopic (exact) mass is 325 g/mol. The second-order valence-corrected chi connectivity index (χ2v) is 5.88. The van der Waals surface area contributed by atoms with Crippen molar-refractivity contribution in [1.82, 2.24) is 20.9 Å². The highest BCUT2D eigenvalue weighted by molar-refractivity contribution is 6.01. The largest absolute Gasteiger partial charge is 0.356 e. The van der Waals surface area contributed by atoms with Gasteiger partial charge in [0.05, 0.1) is 6.54 Å². The Hall–Kier alpha value is -1.79. The van der Waals surface area contributed by atoms with Crippen molar-refractivity contribution in [2.45, 2.75) is 46.0 Å². The Bertz CT molecular complexity index is 395. The number of imide groups is 1. The van der Waals surface area contributed by atoms with Crippen molar-refractivity contribution < 1.29 is 9.59 Å². The minimum Gasteiger partial charge on any atom is -0.356 e. The van der Waals surface area contributed by atoms with Crippen molar-refractivity contribution in [3.8, 4) is 0 Å². The lowest BCUT2D eigenvalue weighted by molar-refractivity contribution is -0.124. The van der Waals surface area contributed by atoms with E-state index in [1.807, 2.05) is 0 Å². The summed E-state index contributed by atoms with van der Waals surface area (Å²) in [5.41, 5.74) is 0. The molecule has 0 aliphatic carbocycles. The molecule has 7 heteroatoms. The number of guanidine groups is 1. The average Bonchev–Trinajstić information content (AvgIpc) is 2.87. The number of rotatable bonds is 10. The number of hydrogen-bond donors (Lipinski definition) is 3. The molecule has 1 rings (SSSR count). The number of hydrogen-bond acceptors (Lipinski definition) is 3. The van der Waals surface area contributed by atoms with E-state index >= 15 is 0 Å². The van der Waals surface area contributed by atoms with Gasteiger partial charge in [0, 0.05) is 26.7 Å². The van der Waals surface area contributed by atoms with E-state index in [1.54, 1.807) is 7.05 Å². The number of amides is 3. The van der Waals surface area contributed by atoms with Crippen LogP contribution in [0.15, 0.2) is 4.99 Å². The van der Waals surface area contributed by atoms with Crippen LogP contribution in [0, 0.1) is 5.92 Å². The van der Waals surface area contributed by atoms with Gasteiger partial charge in [0.25, 0.3) is 0 Å². The third kappa shape index (κ3) is 6.88. The first-order chi connectivity index (χ1) is 11.1. The number of carbonyl (C=O) groups excluding carboxylic acids is 2. The van der Waals surface area contributed by atoms with E-state index < -0.39 is 0 Å². The fourth-order valence-electron chi connectivity index (χ4n) is 2.68. The van der Waals surface area contributed by atoms with Crippen molar-refractivity contribution in [2.24, 2.45) is 10.9 Å². The molecule has 0 aromatic rings. The summed E-state index contributed by atoms with van der Waals surface area (Å²) in [7, 11) is 1.73. The van der Waals surface area contributed by atoms with Gasteiger partial charge in [0.15, 0.2) is 5.96 Å². The van der Waals surface area contributed by atoms with Crippen LogP contribution in [0.4, 0.5) is 4.79 Å². The zero-order chi connectivity index (χ0) is 17.1. The zero-order valence-corrected chi connectivity index (χ0v) is 14.7. The van der Waals surface area contributed by atoms with E-state index in [9.17, 15) is 9.59 Å². The van der Waals surface area contributed by atoms with Crippen LogP contribution < -0.4 is 16.0 Å². The van der Waals surface area contributed by atoms with Gasteiger partial charge in [0.2, 0.25) is 5.91 Å². The summed E-state index contributed by atoms with van der Waals surface area (Å²) >= 11 is 0. The number of urea groups is 1. The smallest absolute Gasteiger partial charge is 0.324 e. The molecule has 23 heavy (non-hydrogen) atoms. The van der Waals surface area contributed by atoms with E-state index in [4.69, 9.17) is 0 Å². The molecule has 3 amide bonds. The Morgan fingerprint density at radius 1 is 1.26 bits per heavy atom. The van der Waals surface area contributed by atoms with Crippen molar-refractivity contribution in [3.63, 3.8) is 0 Å². The summed E-state index contributed by atoms with van der Waals surface area (Å²) in [4.78, 5) is 28.3. The van der Waals surface area contributed by atoms with Gasteiger partial charge in [-0.15, -0.1) is 0 Å². The molecule has 1 aliphatic heterocycles. The minimum atomic E-state index is -0.317. The van der Waals surface area contributed by atoms with Gasteiger partial charge in [-0.3, -0.25) is 14.7 Å². The zero-order valence-electron chi connectivity index (χ0n) is 14.7. The normalized spacial score (nSPS) is 16.5. The molecule has 7 nitrogen and oxygen atoms in total. The maximum Gasteiger partial charge on any atom is 0.324 e. The van der Waals surface area contributed by atoms with Gasteiger partial charge >= 0.3 is 6.03 Å². The molecule has 0 spiro atoms. The Kier molecular flexibility index (Phi) is 9.09. The lowest BCUT2D eigenvalue weighted by Gasteiger charge is -2.19. The predicted octanol–water partition coefficient (Wildman–Crippen LogP) is 1.31. The van der Waals surface area contributed by atoms with Crippen molar-refractivity contribution in [3.05, 3.63) is 0 Å². The van der Waals surface area contributed by atoms with Crippen LogP contribution in [0.25, 0.3) is 0 Å². The molecule has 0 aromatic heterocycles. The molecule has 1 saturated heterocycles. The van der Waals surface area contributed by atoms with Gasteiger partial charge in [-0.05, 0) is 18.8 Å². The molecule has 1 atom stereocenters. The Labute approximate surface area is 139 Å². The number of carbonyl (C=O) groups is 2. The van der Waals surface area contributed by atoms with Crippen LogP contribution in [-0.2, 0) is 4.79 Å². The second kappa shape index (κ2) is 10.9. The van der Waals surface area contributed by atoms with Gasteiger partial charge in [-0.1, -0.05) is 33.1 Å². The molecular weight excluding hydrogens is 294 g/mol. The first-order valence-corrected chi connectivity index (χ1v) is 8.65. The molecule has 1 fully saturated rings. The summed E-state index contributed by atoms with van der Waals surface area (Å²) in [6.07, 6.45) is 6.11. The number of nitrogens with zero attached hydrogens (tertiary/aromatic N) is 2. The molecule has 132 valence electrons. The molecule has 1 heterocycles.